The molecule has 1 atom stereocenters. The standard InChI is InChI=1S/C24H31BrN2O3/c1-5-6-12-26-24(29)19(4)27(15-20-9-7-8-17(2)13-20)23(28)16-30-21-10-11-22(25)18(3)14-21/h7-11,13-14,19H,5-6,12,15-16H2,1-4H3,(H,26,29)/t19-/m1/s1. The fraction of sp³-hybridized carbons (Fsp3) is 0.417. The second kappa shape index (κ2) is 11.7. The van der Waals surface area contributed by atoms with Gasteiger partial charge in [0.25, 0.3) is 5.91 Å². The van der Waals surface area contributed by atoms with Gasteiger partial charge in [-0.25, -0.2) is 0 Å². The van der Waals surface area contributed by atoms with Gasteiger partial charge in [0.2, 0.25) is 5.91 Å². The molecular weight excluding hydrogens is 444 g/mol. The van der Waals surface area contributed by atoms with Crippen molar-refractivity contribution in [2.45, 2.75) is 53.1 Å². The Morgan fingerprint density at radius 1 is 1.17 bits per heavy atom. The number of carbonyl (C=O) groups excluding carboxylic acids is 2. The van der Waals surface area contributed by atoms with E-state index in [4.69, 9.17) is 4.74 Å². The highest BCUT2D eigenvalue weighted by Crippen LogP contribution is 2.22. The van der Waals surface area contributed by atoms with Crippen LogP contribution in [-0.4, -0.2) is 35.9 Å². The molecule has 5 nitrogen and oxygen atoms in total. The van der Waals surface area contributed by atoms with Crippen molar-refractivity contribution in [3.63, 3.8) is 0 Å². The van der Waals surface area contributed by atoms with Crippen LogP contribution in [0.25, 0.3) is 0 Å². The smallest absolute Gasteiger partial charge is 0.261 e. The molecule has 0 aliphatic rings. The molecule has 0 aliphatic carbocycles. The fourth-order valence-corrected chi connectivity index (χ4v) is 3.31. The minimum absolute atomic E-state index is 0.126. The lowest BCUT2D eigenvalue weighted by molar-refractivity contribution is -0.142. The van der Waals surface area contributed by atoms with Crippen LogP contribution >= 0.6 is 15.9 Å². The molecule has 0 saturated carbocycles. The topological polar surface area (TPSA) is 58.6 Å². The summed E-state index contributed by atoms with van der Waals surface area (Å²) in [6.45, 7) is 8.65. The number of nitrogens with one attached hydrogen (secondary N) is 1. The number of hydrogen-bond acceptors (Lipinski definition) is 3. The highest BCUT2D eigenvalue weighted by molar-refractivity contribution is 9.10. The lowest BCUT2D eigenvalue weighted by atomic mass is 10.1. The number of unbranched alkanes of at least 4 members (excludes halogenated alkanes) is 1. The third kappa shape index (κ3) is 7.17. The van der Waals surface area contributed by atoms with Gasteiger partial charge in [-0.2, -0.15) is 0 Å². The van der Waals surface area contributed by atoms with Crippen LogP contribution in [0.4, 0.5) is 0 Å². The number of amides is 2. The molecule has 0 radical (unpaired) electrons. The van der Waals surface area contributed by atoms with Crippen LogP contribution in [0.2, 0.25) is 0 Å². The summed E-state index contributed by atoms with van der Waals surface area (Å²) in [7, 11) is 0. The molecule has 0 spiro atoms. The highest BCUT2D eigenvalue weighted by atomic mass is 79.9. The summed E-state index contributed by atoms with van der Waals surface area (Å²) in [5.41, 5.74) is 3.12. The maximum absolute atomic E-state index is 13.0. The summed E-state index contributed by atoms with van der Waals surface area (Å²) in [4.78, 5) is 27.3. The number of hydrogen-bond donors (Lipinski definition) is 1. The molecule has 1 N–H and O–H groups in total. The average Bonchev–Trinajstić information content (AvgIpc) is 2.72. The summed E-state index contributed by atoms with van der Waals surface area (Å²) in [5, 5.41) is 2.92. The summed E-state index contributed by atoms with van der Waals surface area (Å²) >= 11 is 3.46. The molecule has 0 heterocycles. The molecule has 162 valence electrons. The SMILES string of the molecule is CCCCNC(=O)[C@@H](C)N(Cc1cccc(C)c1)C(=O)COc1ccc(Br)c(C)c1. The molecule has 30 heavy (non-hydrogen) atoms. The van der Waals surface area contributed by atoms with E-state index < -0.39 is 6.04 Å². The van der Waals surface area contributed by atoms with E-state index in [2.05, 4.69) is 28.2 Å². The molecule has 6 heteroatoms. The molecule has 0 aromatic heterocycles. The molecule has 0 bridgehead atoms. The minimum Gasteiger partial charge on any atom is -0.484 e. The Morgan fingerprint density at radius 3 is 2.60 bits per heavy atom. The van der Waals surface area contributed by atoms with Crippen LogP contribution in [0.1, 0.15) is 43.4 Å². The Balaban J connectivity index is 2.12. The van der Waals surface area contributed by atoms with Crippen LogP contribution in [0, 0.1) is 13.8 Å². The fourth-order valence-electron chi connectivity index (χ4n) is 3.06. The van der Waals surface area contributed by atoms with Crippen LogP contribution in [0.3, 0.4) is 0 Å². The van der Waals surface area contributed by atoms with E-state index in [1.165, 1.54) is 0 Å². The number of carbonyl (C=O) groups is 2. The molecule has 2 aromatic carbocycles. The summed E-state index contributed by atoms with van der Waals surface area (Å²) in [6, 6.07) is 13.0. The number of rotatable bonds is 10. The number of nitrogens with zero attached hydrogens (tertiary/aromatic N) is 1. The van der Waals surface area contributed by atoms with Gasteiger partial charge in [0.05, 0.1) is 0 Å². The van der Waals surface area contributed by atoms with Gasteiger partial charge in [0.1, 0.15) is 11.8 Å². The first-order chi connectivity index (χ1) is 14.3. The average molecular weight is 475 g/mol. The maximum Gasteiger partial charge on any atom is 0.261 e. The molecule has 0 fully saturated rings. The molecule has 2 amide bonds. The molecule has 2 rings (SSSR count). The van der Waals surface area contributed by atoms with E-state index in [1.54, 1.807) is 11.8 Å². The molecular formula is C24H31BrN2O3. The van der Waals surface area contributed by atoms with Crippen molar-refractivity contribution in [3.8, 4) is 5.75 Å². The van der Waals surface area contributed by atoms with Crippen LogP contribution in [0.15, 0.2) is 46.9 Å². The Bertz CT molecular complexity index is 869. The number of benzene rings is 2. The third-order valence-electron chi connectivity index (χ3n) is 4.92. The van der Waals surface area contributed by atoms with E-state index in [-0.39, 0.29) is 18.4 Å². The zero-order valence-corrected chi connectivity index (χ0v) is 19.8. The zero-order valence-electron chi connectivity index (χ0n) is 18.2. The zero-order chi connectivity index (χ0) is 22.1. The predicted octanol–water partition coefficient (Wildman–Crippen LogP) is 4.78. The minimum atomic E-state index is -0.592. The second-order valence-corrected chi connectivity index (χ2v) is 8.39. The van der Waals surface area contributed by atoms with Gasteiger partial charge in [-0.1, -0.05) is 59.1 Å². The normalized spacial score (nSPS) is 11.6. The Hall–Kier alpha value is -2.34. The number of ether oxygens (including phenoxy) is 1. The van der Waals surface area contributed by atoms with Crippen molar-refractivity contribution in [1.82, 2.24) is 10.2 Å². The maximum atomic E-state index is 13.0. The number of halogens is 1. The van der Waals surface area contributed by atoms with Crippen molar-refractivity contribution < 1.29 is 14.3 Å². The second-order valence-electron chi connectivity index (χ2n) is 7.53. The van der Waals surface area contributed by atoms with Gasteiger partial charge in [-0.3, -0.25) is 9.59 Å². The first kappa shape index (κ1) is 23.9. The summed E-state index contributed by atoms with van der Waals surface area (Å²) in [6.07, 6.45) is 1.91. The molecule has 0 unspecified atom stereocenters. The van der Waals surface area contributed by atoms with Crippen LogP contribution in [0.5, 0.6) is 5.75 Å². The summed E-state index contributed by atoms with van der Waals surface area (Å²) < 4.78 is 6.72. The van der Waals surface area contributed by atoms with Crippen molar-refractivity contribution in [2.24, 2.45) is 0 Å². The third-order valence-corrected chi connectivity index (χ3v) is 5.81. The van der Waals surface area contributed by atoms with Crippen molar-refractivity contribution in [2.75, 3.05) is 13.2 Å². The largest absolute Gasteiger partial charge is 0.484 e. The Labute approximate surface area is 187 Å². The van der Waals surface area contributed by atoms with Crippen molar-refractivity contribution in [3.05, 3.63) is 63.6 Å². The quantitative estimate of drug-likeness (QED) is 0.504. The van der Waals surface area contributed by atoms with Crippen molar-refractivity contribution >= 4 is 27.7 Å². The van der Waals surface area contributed by atoms with Gasteiger partial charge < -0.3 is 15.0 Å². The van der Waals surface area contributed by atoms with E-state index in [0.717, 1.165) is 34.0 Å². The van der Waals surface area contributed by atoms with E-state index in [0.29, 0.717) is 18.8 Å². The lowest BCUT2D eigenvalue weighted by Crippen LogP contribution is -2.49. The molecule has 0 aliphatic heterocycles. The van der Waals surface area contributed by atoms with Gasteiger partial charge >= 0.3 is 0 Å². The van der Waals surface area contributed by atoms with Crippen LogP contribution < -0.4 is 10.1 Å². The predicted molar refractivity (Wildman–Crippen MR) is 123 cm³/mol. The van der Waals surface area contributed by atoms with Gasteiger partial charge in [0, 0.05) is 17.6 Å². The van der Waals surface area contributed by atoms with E-state index >= 15 is 0 Å². The van der Waals surface area contributed by atoms with Gasteiger partial charge in [0.15, 0.2) is 6.61 Å². The van der Waals surface area contributed by atoms with E-state index in [9.17, 15) is 9.59 Å². The number of aryl methyl sites for hydroxylation is 2. The lowest BCUT2D eigenvalue weighted by Gasteiger charge is -2.29. The monoisotopic (exact) mass is 474 g/mol. The van der Waals surface area contributed by atoms with Gasteiger partial charge in [-0.05, 0) is 56.5 Å². The van der Waals surface area contributed by atoms with Crippen LogP contribution in [-0.2, 0) is 16.1 Å². The summed E-state index contributed by atoms with van der Waals surface area (Å²) in [5.74, 6) is 0.249. The van der Waals surface area contributed by atoms with Gasteiger partial charge in [-0.15, -0.1) is 0 Å². The Morgan fingerprint density at radius 2 is 1.93 bits per heavy atom. The van der Waals surface area contributed by atoms with Crippen molar-refractivity contribution in [1.29, 1.82) is 0 Å². The first-order valence-electron chi connectivity index (χ1n) is 10.3. The Kier molecular flexibility index (Phi) is 9.37. The highest BCUT2D eigenvalue weighted by Gasteiger charge is 2.26. The van der Waals surface area contributed by atoms with E-state index in [1.807, 2.05) is 56.3 Å². The molecule has 2 aromatic rings. The first-order valence-corrected chi connectivity index (χ1v) is 11.1. The molecule has 0 saturated heterocycles.